The number of hydrogen-bond donors (Lipinski definition) is 3. The number of rotatable bonds is 7. The van der Waals surface area contributed by atoms with Gasteiger partial charge in [0.2, 0.25) is 0 Å². The van der Waals surface area contributed by atoms with Crippen LogP contribution < -0.4 is 4.73 Å². The Morgan fingerprint density at radius 2 is 1.82 bits per heavy atom. The third kappa shape index (κ3) is 4.71. The Bertz CT molecular complexity index is 591. The van der Waals surface area contributed by atoms with Crippen molar-refractivity contribution >= 4 is 11.8 Å². The molecule has 1 heterocycles. The highest BCUT2D eigenvalue weighted by Crippen LogP contribution is 2.22. The summed E-state index contributed by atoms with van der Waals surface area (Å²) in [6.45, 7) is -0.0398. The second-order valence-corrected chi connectivity index (χ2v) is 6.02. The summed E-state index contributed by atoms with van der Waals surface area (Å²) in [6, 6.07) is 12.0. The van der Waals surface area contributed by atoms with Crippen molar-refractivity contribution in [1.29, 1.82) is 0 Å². The van der Waals surface area contributed by atoms with E-state index in [-0.39, 0.29) is 13.0 Å². The van der Waals surface area contributed by atoms with Crippen molar-refractivity contribution < 1.29 is 20.0 Å². The molecule has 118 valence electrons. The molecule has 0 bridgehead atoms. The van der Waals surface area contributed by atoms with Crippen molar-refractivity contribution in [2.45, 2.75) is 30.3 Å². The van der Waals surface area contributed by atoms with Gasteiger partial charge in [0.05, 0.1) is 18.8 Å². The summed E-state index contributed by atoms with van der Waals surface area (Å²) >= 11 is 1.25. The first kappa shape index (κ1) is 16.8. The van der Waals surface area contributed by atoms with Crippen LogP contribution in [0.25, 0.3) is 0 Å². The zero-order valence-electron chi connectivity index (χ0n) is 12.0. The first-order valence-electron chi connectivity index (χ1n) is 6.97. The zero-order chi connectivity index (χ0) is 15.9. The minimum Gasteiger partial charge on any atom is -0.618 e. The molecule has 6 heteroatoms. The molecule has 0 aliphatic heterocycles. The molecule has 0 radical (unpaired) electrons. The fourth-order valence-corrected chi connectivity index (χ4v) is 2.88. The summed E-state index contributed by atoms with van der Waals surface area (Å²) in [6.07, 6.45) is 0.0971. The number of pyridine rings is 1. The molecule has 0 saturated carbocycles. The normalized spacial score (nSPS) is 13.8. The number of hydrogen-bond acceptors (Lipinski definition) is 5. The number of thioether (sulfide) groups is 1. The minimum atomic E-state index is -0.779. The predicted molar refractivity (Wildman–Crippen MR) is 84.1 cm³/mol. The summed E-state index contributed by atoms with van der Waals surface area (Å²) in [5.41, 5.74) is 1.47. The van der Waals surface area contributed by atoms with E-state index in [4.69, 9.17) is 5.11 Å². The molecule has 1 aromatic carbocycles. The van der Waals surface area contributed by atoms with Gasteiger partial charge in [-0.3, -0.25) is 0 Å². The molecular weight excluding hydrogens is 302 g/mol. The van der Waals surface area contributed by atoms with Crippen LogP contribution >= 0.6 is 11.8 Å². The Labute approximate surface area is 133 Å². The van der Waals surface area contributed by atoms with Crippen LogP contribution in [0.2, 0.25) is 0 Å². The van der Waals surface area contributed by atoms with Gasteiger partial charge in [0.15, 0.2) is 6.20 Å². The molecule has 0 fully saturated rings. The highest BCUT2D eigenvalue weighted by molar-refractivity contribution is 7.99. The lowest BCUT2D eigenvalue weighted by molar-refractivity contribution is -0.645. The minimum absolute atomic E-state index is 0.0398. The topological polar surface area (TPSA) is 87.6 Å². The van der Waals surface area contributed by atoms with Gasteiger partial charge in [-0.1, -0.05) is 36.0 Å². The van der Waals surface area contributed by atoms with Gasteiger partial charge in [0.25, 0.3) is 5.03 Å². The molecule has 0 saturated heterocycles. The van der Waals surface area contributed by atoms with Gasteiger partial charge in [-0.2, -0.15) is 4.73 Å². The highest BCUT2D eigenvalue weighted by atomic mass is 32.2. The number of aliphatic hydroxyl groups excluding tert-OH is 3. The lowest BCUT2D eigenvalue weighted by Crippen LogP contribution is -2.28. The standard InChI is InChI=1S/C16H19NO4S/c18-10-12-4-6-13(7-5-12)15(20)9-14(19)11-22-16-3-1-2-8-17(16)21/h1-8,14-15,18-20H,9-11H2/t14-,15+/m0/s1. The summed E-state index contributed by atoms with van der Waals surface area (Å²) in [4.78, 5) is 0. The van der Waals surface area contributed by atoms with Crippen LogP contribution in [0.15, 0.2) is 53.7 Å². The Hall–Kier alpha value is -1.60. The summed E-state index contributed by atoms with van der Waals surface area (Å²) in [7, 11) is 0. The summed E-state index contributed by atoms with van der Waals surface area (Å²) in [5.74, 6) is 0.331. The van der Waals surface area contributed by atoms with E-state index in [9.17, 15) is 15.4 Å². The van der Waals surface area contributed by atoms with E-state index in [1.54, 1.807) is 42.5 Å². The Morgan fingerprint density at radius 3 is 2.45 bits per heavy atom. The van der Waals surface area contributed by atoms with Crippen molar-refractivity contribution in [3.63, 3.8) is 0 Å². The number of aliphatic hydroxyl groups is 3. The second kappa shape index (κ2) is 8.14. The van der Waals surface area contributed by atoms with Crippen molar-refractivity contribution in [3.8, 4) is 0 Å². The maximum absolute atomic E-state index is 11.5. The van der Waals surface area contributed by atoms with E-state index in [0.29, 0.717) is 16.3 Å². The maximum atomic E-state index is 11.5. The molecule has 0 spiro atoms. The van der Waals surface area contributed by atoms with Gasteiger partial charge in [0, 0.05) is 24.3 Å². The highest BCUT2D eigenvalue weighted by Gasteiger charge is 2.16. The van der Waals surface area contributed by atoms with E-state index >= 15 is 0 Å². The SMILES string of the molecule is [O-][n+]1ccccc1SC[C@@H](O)C[C@@H](O)c1ccc(CO)cc1. The van der Waals surface area contributed by atoms with E-state index in [1.165, 1.54) is 18.0 Å². The van der Waals surface area contributed by atoms with Gasteiger partial charge >= 0.3 is 0 Å². The van der Waals surface area contributed by atoms with E-state index in [0.717, 1.165) is 10.3 Å². The molecular formula is C16H19NO4S. The van der Waals surface area contributed by atoms with Gasteiger partial charge in [-0.25, -0.2) is 0 Å². The van der Waals surface area contributed by atoms with Crippen LogP contribution in [0, 0.1) is 5.21 Å². The average Bonchev–Trinajstić information content (AvgIpc) is 2.54. The molecule has 2 rings (SSSR count). The molecule has 0 amide bonds. The first-order valence-corrected chi connectivity index (χ1v) is 7.95. The molecule has 5 nitrogen and oxygen atoms in total. The average molecular weight is 321 g/mol. The van der Waals surface area contributed by atoms with Gasteiger partial charge in [-0.15, -0.1) is 0 Å². The zero-order valence-corrected chi connectivity index (χ0v) is 12.8. The molecule has 0 unspecified atom stereocenters. The fourth-order valence-electron chi connectivity index (χ4n) is 2.01. The molecule has 2 atom stereocenters. The molecule has 3 N–H and O–H groups in total. The monoisotopic (exact) mass is 321 g/mol. The largest absolute Gasteiger partial charge is 0.618 e. The second-order valence-electron chi connectivity index (χ2n) is 4.98. The van der Waals surface area contributed by atoms with Crippen molar-refractivity contribution in [2.75, 3.05) is 5.75 Å². The smallest absolute Gasteiger partial charge is 0.251 e. The third-order valence-corrected chi connectivity index (χ3v) is 4.42. The van der Waals surface area contributed by atoms with Crippen LogP contribution in [0.3, 0.4) is 0 Å². The van der Waals surface area contributed by atoms with Crippen LogP contribution in [-0.4, -0.2) is 27.2 Å². The Morgan fingerprint density at radius 1 is 1.09 bits per heavy atom. The summed E-state index contributed by atoms with van der Waals surface area (Å²) < 4.78 is 0.751. The quantitative estimate of drug-likeness (QED) is 0.407. The van der Waals surface area contributed by atoms with Crippen LogP contribution in [0.5, 0.6) is 0 Å². The van der Waals surface area contributed by atoms with E-state index in [1.807, 2.05) is 0 Å². The van der Waals surface area contributed by atoms with E-state index < -0.39 is 12.2 Å². The maximum Gasteiger partial charge on any atom is 0.251 e. The first-order chi connectivity index (χ1) is 10.6. The van der Waals surface area contributed by atoms with Crippen molar-refractivity contribution in [2.24, 2.45) is 0 Å². The van der Waals surface area contributed by atoms with Crippen molar-refractivity contribution in [3.05, 3.63) is 65.0 Å². The summed E-state index contributed by atoms with van der Waals surface area (Å²) in [5, 5.41) is 41.1. The lowest BCUT2D eigenvalue weighted by atomic mass is 10.0. The van der Waals surface area contributed by atoms with Gasteiger partial charge in [0.1, 0.15) is 0 Å². The number of benzene rings is 1. The molecule has 22 heavy (non-hydrogen) atoms. The van der Waals surface area contributed by atoms with Gasteiger partial charge in [-0.05, 0) is 17.2 Å². The molecule has 1 aromatic heterocycles. The predicted octanol–water partition coefficient (Wildman–Crippen LogP) is 1.39. The Kier molecular flexibility index (Phi) is 6.21. The fraction of sp³-hybridized carbons (Fsp3) is 0.312. The number of nitrogens with zero attached hydrogens (tertiary/aromatic N) is 1. The van der Waals surface area contributed by atoms with Crippen LogP contribution in [0.4, 0.5) is 0 Å². The van der Waals surface area contributed by atoms with Crippen LogP contribution in [-0.2, 0) is 6.61 Å². The third-order valence-electron chi connectivity index (χ3n) is 3.25. The lowest BCUT2D eigenvalue weighted by Gasteiger charge is -2.15. The Balaban J connectivity index is 1.85. The van der Waals surface area contributed by atoms with Gasteiger partial charge < -0.3 is 20.5 Å². The van der Waals surface area contributed by atoms with Crippen molar-refractivity contribution in [1.82, 2.24) is 0 Å². The molecule has 0 aliphatic carbocycles. The molecule has 0 aliphatic rings. The molecule has 2 aromatic rings. The van der Waals surface area contributed by atoms with Crippen LogP contribution in [0.1, 0.15) is 23.7 Å². The number of aromatic nitrogens is 1. The van der Waals surface area contributed by atoms with E-state index in [2.05, 4.69) is 0 Å².